The van der Waals surface area contributed by atoms with Gasteiger partial charge in [0.1, 0.15) is 11.4 Å². The molecule has 0 aliphatic rings. The van der Waals surface area contributed by atoms with E-state index in [1.165, 1.54) is 37.3 Å². The first-order valence-electron chi connectivity index (χ1n) is 11.1. The third kappa shape index (κ3) is 5.38. The molecule has 1 heterocycles. The number of amides is 1. The molecular weight excluding hydrogens is 469 g/mol. The number of carbonyl (C=O) groups is 1. The Morgan fingerprint density at radius 2 is 1.69 bits per heavy atom. The van der Waals surface area contributed by atoms with Crippen LogP contribution < -0.4 is 15.5 Å². The largest absolute Gasteiger partial charge is 0.473 e. The summed E-state index contributed by atoms with van der Waals surface area (Å²) in [6.45, 7) is 7.85. The summed E-state index contributed by atoms with van der Waals surface area (Å²) in [5.41, 5.74) is 2.02. The molecular formula is C28H25ClFNO4. The van der Waals surface area contributed by atoms with Gasteiger partial charge in [-0.1, -0.05) is 56.6 Å². The third-order valence-corrected chi connectivity index (χ3v) is 5.83. The molecule has 5 nitrogen and oxygen atoms in total. The predicted octanol–water partition coefficient (Wildman–Crippen LogP) is 6.96. The SMILES string of the molecule is C[C@H](Oc1c(-c2ccc(C(C)(C)C)cc2)oc2ccc(Cl)cc2c1=O)C(=O)Nc1ccc(F)cc1. The van der Waals surface area contributed by atoms with E-state index in [1.54, 1.807) is 12.1 Å². The monoisotopic (exact) mass is 493 g/mol. The predicted molar refractivity (Wildman–Crippen MR) is 137 cm³/mol. The summed E-state index contributed by atoms with van der Waals surface area (Å²) in [6, 6.07) is 17.8. The second-order valence-electron chi connectivity index (χ2n) is 9.31. The van der Waals surface area contributed by atoms with Crippen molar-refractivity contribution >= 4 is 34.2 Å². The van der Waals surface area contributed by atoms with Gasteiger partial charge in [-0.25, -0.2) is 4.39 Å². The van der Waals surface area contributed by atoms with E-state index in [9.17, 15) is 14.0 Å². The van der Waals surface area contributed by atoms with Crippen molar-refractivity contribution < 1.29 is 18.3 Å². The van der Waals surface area contributed by atoms with Gasteiger partial charge >= 0.3 is 0 Å². The Labute approximate surface area is 207 Å². The van der Waals surface area contributed by atoms with Gasteiger partial charge in [0.15, 0.2) is 11.9 Å². The second kappa shape index (κ2) is 9.55. The van der Waals surface area contributed by atoms with Crippen molar-refractivity contribution in [1.29, 1.82) is 0 Å². The molecule has 0 bridgehead atoms. The molecule has 3 aromatic carbocycles. The molecule has 0 aliphatic heterocycles. The molecule has 1 amide bonds. The number of rotatable bonds is 5. The van der Waals surface area contributed by atoms with Crippen molar-refractivity contribution in [3.05, 3.63) is 93.4 Å². The third-order valence-electron chi connectivity index (χ3n) is 5.60. The van der Waals surface area contributed by atoms with Crippen LogP contribution in [0.1, 0.15) is 33.3 Å². The fourth-order valence-electron chi connectivity index (χ4n) is 3.58. The highest BCUT2D eigenvalue weighted by Gasteiger charge is 2.24. The van der Waals surface area contributed by atoms with Crippen LogP contribution in [-0.2, 0) is 10.2 Å². The highest BCUT2D eigenvalue weighted by molar-refractivity contribution is 6.31. The molecule has 1 N–H and O–H groups in total. The first kappa shape index (κ1) is 24.5. The number of hydrogen-bond acceptors (Lipinski definition) is 4. The summed E-state index contributed by atoms with van der Waals surface area (Å²) in [5, 5.41) is 3.27. The van der Waals surface area contributed by atoms with Gasteiger partial charge in [0.05, 0.1) is 5.39 Å². The molecule has 4 aromatic rings. The molecule has 0 aliphatic carbocycles. The van der Waals surface area contributed by atoms with Gasteiger partial charge in [-0.3, -0.25) is 9.59 Å². The summed E-state index contributed by atoms with van der Waals surface area (Å²) >= 11 is 6.11. The minimum Gasteiger partial charge on any atom is -0.473 e. The maximum atomic E-state index is 13.4. The van der Waals surface area contributed by atoms with Gasteiger partial charge in [-0.15, -0.1) is 0 Å². The maximum Gasteiger partial charge on any atom is 0.265 e. The first-order chi connectivity index (χ1) is 16.5. The lowest BCUT2D eigenvalue weighted by molar-refractivity contribution is -0.122. The van der Waals surface area contributed by atoms with Crippen LogP contribution in [0.25, 0.3) is 22.3 Å². The minimum atomic E-state index is -1.05. The van der Waals surface area contributed by atoms with E-state index in [0.29, 0.717) is 21.9 Å². The van der Waals surface area contributed by atoms with E-state index in [1.807, 2.05) is 24.3 Å². The number of benzene rings is 3. The van der Waals surface area contributed by atoms with Crippen molar-refractivity contribution in [3.8, 4) is 17.1 Å². The molecule has 35 heavy (non-hydrogen) atoms. The lowest BCUT2D eigenvalue weighted by atomic mass is 9.86. The number of halogens is 2. The zero-order valence-electron chi connectivity index (χ0n) is 19.8. The van der Waals surface area contributed by atoms with Crippen LogP contribution in [-0.4, -0.2) is 12.0 Å². The molecule has 4 rings (SSSR count). The van der Waals surface area contributed by atoms with Crippen molar-refractivity contribution in [1.82, 2.24) is 0 Å². The van der Waals surface area contributed by atoms with Crippen LogP contribution in [0.4, 0.5) is 10.1 Å². The van der Waals surface area contributed by atoms with Gasteiger partial charge in [-0.05, 0) is 60.4 Å². The Morgan fingerprint density at radius 1 is 1.03 bits per heavy atom. The van der Waals surface area contributed by atoms with Crippen LogP contribution in [0.15, 0.2) is 75.9 Å². The number of nitrogens with one attached hydrogen (secondary N) is 1. The highest BCUT2D eigenvalue weighted by atomic mass is 35.5. The molecule has 0 saturated carbocycles. The van der Waals surface area contributed by atoms with Gasteiger partial charge in [0.25, 0.3) is 5.91 Å². The molecule has 0 saturated heterocycles. The minimum absolute atomic E-state index is 0.0498. The average molecular weight is 494 g/mol. The lowest BCUT2D eigenvalue weighted by Crippen LogP contribution is -2.31. The van der Waals surface area contributed by atoms with E-state index in [2.05, 4.69) is 26.1 Å². The molecule has 1 atom stereocenters. The molecule has 0 unspecified atom stereocenters. The number of hydrogen-bond donors (Lipinski definition) is 1. The van der Waals surface area contributed by atoms with Crippen LogP contribution >= 0.6 is 11.6 Å². The topological polar surface area (TPSA) is 68.5 Å². The van der Waals surface area contributed by atoms with Gasteiger partial charge in [0, 0.05) is 16.3 Å². The number of fused-ring (bicyclic) bond motifs is 1. The molecule has 7 heteroatoms. The molecule has 0 spiro atoms. The van der Waals surface area contributed by atoms with E-state index in [-0.39, 0.29) is 22.3 Å². The summed E-state index contributed by atoms with van der Waals surface area (Å²) in [5.74, 6) is -0.796. The lowest BCUT2D eigenvalue weighted by Gasteiger charge is -2.20. The first-order valence-corrected chi connectivity index (χ1v) is 11.5. The Balaban J connectivity index is 1.74. The summed E-state index contributed by atoms with van der Waals surface area (Å²) in [7, 11) is 0. The fourth-order valence-corrected chi connectivity index (χ4v) is 3.75. The van der Waals surface area contributed by atoms with Gasteiger partial charge in [0.2, 0.25) is 11.2 Å². The number of anilines is 1. The Bertz CT molecular complexity index is 1440. The average Bonchev–Trinajstić information content (AvgIpc) is 2.82. The van der Waals surface area contributed by atoms with E-state index < -0.39 is 23.3 Å². The normalized spacial score (nSPS) is 12.4. The Morgan fingerprint density at radius 3 is 2.31 bits per heavy atom. The van der Waals surface area contributed by atoms with Gasteiger partial charge < -0.3 is 14.5 Å². The Kier molecular flexibility index (Phi) is 6.68. The molecule has 180 valence electrons. The van der Waals surface area contributed by atoms with Crippen molar-refractivity contribution in [2.45, 2.75) is 39.2 Å². The quantitative estimate of drug-likeness (QED) is 0.326. The number of carbonyl (C=O) groups excluding carboxylic acids is 1. The van der Waals surface area contributed by atoms with Crippen LogP contribution in [0, 0.1) is 5.82 Å². The molecule has 0 fully saturated rings. The van der Waals surface area contributed by atoms with E-state index >= 15 is 0 Å². The molecule has 1 aromatic heterocycles. The summed E-state index contributed by atoms with van der Waals surface area (Å²) in [4.78, 5) is 26.2. The van der Waals surface area contributed by atoms with E-state index in [0.717, 1.165) is 5.56 Å². The van der Waals surface area contributed by atoms with E-state index in [4.69, 9.17) is 20.8 Å². The van der Waals surface area contributed by atoms with Gasteiger partial charge in [-0.2, -0.15) is 0 Å². The van der Waals surface area contributed by atoms with Crippen LogP contribution in [0.5, 0.6) is 5.75 Å². The maximum absolute atomic E-state index is 13.4. The second-order valence-corrected chi connectivity index (χ2v) is 9.75. The fraction of sp³-hybridized carbons (Fsp3) is 0.214. The van der Waals surface area contributed by atoms with Crippen molar-refractivity contribution in [2.75, 3.05) is 5.32 Å². The van der Waals surface area contributed by atoms with Crippen molar-refractivity contribution in [3.63, 3.8) is 0 Å². The summed E-state index contributed by atoms with van der Waals surface area (Å²) in [6.07, 6.45) is -1.05. The highest BCUT2D eigenvalue weighted by Crippen LogP contribution is 2.34. The Hall–Kier alpha value is -3.64. The van der Waals surface area contributed by atoms with Crippen LogP contribution in [0.3, 0.4) is 0 Å². The zero-order valence-corrected chi connectivity index (χ0v) is 20.6. The summed E-state index contributed by atoms with van der Waals surface area (Å²) < 4.78 is 25.2. The molecule has 0 radical (unpaired) electrons. The smallest absolute Gasteiger partial charge is 0.265 e. The van der Waals surface area contributed by atoms with Crippen LogP contribution in [0.2, 0.25) is 5.02 Å². The zero-order chi connectivity index (χ0) is 25.3. The number of ether oxygens (including phenoxy) is 1. The standard InChI is InChI=1S/C28H25ClFNO4/c1-16(27(33)31-21-12-10-20(30)11-13-21)34-26-24(32)22-15-19(29)9-14-23(22)35-25(26)17-5-7-18(8-6-17)28(2,3)4/h5-16H,1-4H3,(H,31,33)/t16-/m0/s1. The van der Waals surface area contributed by atoms with Crippen molar-refractivity contribution in [2.24, 2.45) is 0 Å².